The summed E-state index contributed by atoms with van der Waals surface area (Å²) in [6.07, 6.45) is 11.2. The molecule has 1 heterocycles. The monoisotopic (exact) mass is 225 g/mol. The molecule has 2 N–H and O–H groups in total. The molecule has 1 saturated carbocycles. The lowest BCUT2D eigenvalue weighted by molar-refractivity contribution is -0.136. The van der Waals surface area contributed by atoms with Gasteiger partial charge in [0.15, 0.2) is 0 Å². The molecule has 2 fully saturated rings. The predicted molar refractivity (Wildman–Crippen MR) is 67.5 cm³/mol. The van der Waals surface area contributed by atoms with Crippen molar-refractivity contribution in [1.82, 2.24) is 5.32 Å². The minimum atomic E-state index is -0.392. The molecule has 1 saturated heterocycles. The highest BCUT2D eigenvalue weighted by molar-refractivity contribution is 5.05. The van der Waals surface area contributed by atoms with Gasteiger partial charge in [0.1, 0.15) is 0 Å². The molecule has 0 unspecified atom stereocenters. The van der Waals surface area contributed by atoms with Crippen molar-refractivity contribution in [3.05, 3.63) is 0 Å². The highest BCUT2D eigenvalue weighted by Crippen LogP contribution is 2.51. The maximum atomic E-state index is 10.9. The van der Waals surface area contributed by atoms with Gasteiger partial charge in [-0.25, -0.2) is 0 Å². The number of rotatable bonds is 4. The molecule has 1 aliphatic carbocycles. The van der Waals surface area contributed by atoms with E-state index >= 15 is 0 Å². The Morgan fingerprint density at radius 1 is 1.12 bits per heavy atom. The van der Waals surface area contributed by atoms with Gasteiger partial charge in [-0.3, -0.25) is 0 Å². The molecule has 0 bridgehead atoms. The van der Waals surface area contributed by atoms with Crippen LogP contribution in [0.15, 0.2) is 0 Å². The van der Waals surface area contributed by atoms with E-state index in [1.807, 2.05) is 0 Å². The summed E-state index contributed by atoms with van der Waals surface area (Å²) in [5.74, 6) is 0. The van der Waals surface area contributed by atoms with E-state index in [1.165, 1.54) is 51.4 Å². The molecule has 2 aliphatic rings. The number of hydrogen-bond donors (Lipinski definition) is 2. The van der Waals surface area contributed by atoms with Crippen LogP contribution in [0.1, 0.15) is 64.7 Å². The first-order chi connectivity index (χ1) is 7.72. The summed E-state index contributed by atoms with van der Waals surface area (Å²) < 4.78 is 0. The number of piperidine rings is 1. The molecule has 1 aliphatic heterocycles. The van der Waals surface area contributed by atoms with Crippen LogP contribution >= 0.6 is 0 Å². The van der Waals surface area contributed by atoms with E-state index in [1.54, 1.807) is 0 Å². The molecule has 16 heavy (non-hydrogen) atoms. The summed E-state index contributed by atoms with van der Waals surface area (Å²) in [4.78, 5) is 0. The number of nitrogens with one attached hydrogen (secondary N) is 1. The molecule has 2 rings (SSSR count). The van der Waals surface area contributed by atoms with Gasteiger partial charge in [-0.15, -0.1) is 0 Å². The lowest BCUT2D eigenvalue weighted by Crippen LogP contribution is -2.60. The maximum absolute atomic E-state index is 10.9. The minimum absolute atomic E-state index is 0.256. The third kappa shape index (κ3) is 2.14. The van der Waals surface area contributed by atoms with Crippen molar-refractivity contribution < 1.29 is 5.11 Å². The highest BCUT2D eigenvalue weighted by Gasteiger charge is 2.51. The molecule has 0 radical (unpaired) electrons. The van der Waals surface area contributed by atoms with Gasteiger partial charge in [0.05, 0.1) is 5.60 Å². The van der Waals surface area contributed by atoms with Crippen LogP contribution in [0.2, 0.25) is 0 Å². The molecular weight excluding hydrogens is 198 g/mol. The second kappa shape index (κ2) is 5.05. The number of unbranched alkanes of at least 4 members (excludes halogenated alkanes) is 2. The Bertz CT molecular complexity index is 215. The van der Waals surface area contributed by atoms with Crippen LogP contribution in [0.5, 0.6) is 0 Å². The first-order valence-electron chi connectivity index (χ1n) is 7.16. The average Bonchev–Trinajstić information content (AvgIpc) is 2.29. The zero-order valence-corrected chi connectivity index (χ0v) is 10.7. The van der Waals surface area contributed by atoms with E-state index in [0.717, 1.165) is 19.5 Å². The summed E-state index contributed by atoms with van der Waals surface area (Å²) in [6.45, 7) is 4.20. The fraction of sp³-hybridized carbons (Fsp3) is 1.00. The second-order valence-corrected chi connectivity index (χ2v) is 5.90. The molecule has 0 spiro atoms. The normalized spacial score (nSPS) is 39.4. The van der Waals surface area contributed by atoms with Crippen LogP contribution in [-0.2, 0) is 0 Å². The molecular formula is C14H27NO. The topological polar surface area (TPSA) is 32.3 Å². The van der Waals surface area contributed by atoms with E-state index < -0.39 is 5.60 Å². The van der Waals surface area contributed by atoms with Crippen molar-refractivity contribution in [3.63, 3.8) is 0 Å². The summed E-state index contributed by atoms with van der Waals surface area (Å²) in [7, 11) is 0. The Morgan fingerprint density at radius 2 is 1.94 bits per heavy atom. The Hall–Kier alpha value is -0.0800. The summed E-state index contributed by atoms with van der Waals surface area (Å²) in [6, 6.07) is 0. The van der Waals surface area contributed by atoms with Crippen LogP contribution in [0, 0.1) is 5.41 Å². The van der Waals surface area contributed by atoms with Crippen molar-refractivity contribution in [3.8, 4) is 0 Å². The van der Waals surface area contributed by atoms with Gasteiger partial charge in [0.2, 0.25) is 0 Å². The second-order valence-electron chi connectivity index (χ2n) is 5.90. The number of fused-ring (bicyclic) bond motifs is 1. The van der Waals surface area contributed by atoms with E-state index in [2.05, 4.69) is 12.2 Å². The number of aliphatic hydroxyl groups is 1. The zero-order valence-electron chi connectivity index (χ0n) is 10.7. The fourth-order valence-corrected chi connectivity index (χ4v) is 3.83. The van der Waals surface area contributed by atoms with Gasteiger partial charge >= 0.3 is 0 Å². The van der Waals surface area contributed by atoms with E-state index in [-0.39, 0.29) is 5.41 Å². The maximum Gasteiger partial charge on any atom is 0.0827 e. The molecule has 2 atom stereocenters. The van der Waals surface area contributed by atoms with Crippen LogP contribution in [-0.4, -0.2) is 23.8 Å². The van der Waals surface area contributed by atoms with Gasteiger partial charge < -0.3 is 10.4 Å². The van der Waals surface area contributed by atoms with Crippen LogP contribution in [0.3, 0.4) is 0 Å². The first kappa shape index (κ1) is 12.4. The minimum Gasteiger partial charge on any atom is -0.388 e. The highest BCUT2D eigenvalue weighted by atomic mass is 16.3. The molecule has 2 heteroatoms. The molecule has 0 aromatic heterocycles. The van der Waals surface area contributed by atoms with Gasteiger partial charge in [0.25, 0.3) is 0 Å². The van der Waals surface area contributed by atoms with Crippen molar-refractivity contribution in [2.24, 2.45) is 5.41 Å². The van der Waals surface area contributed by atoms with Crippen LogP contribution in [0.4, 0.5) is 0 Å². The molecule has 0 aromatic carbocycles. The Balaban J connectivity index is 2.05. The zero-order chi connectivity index (χ0) is 11.5. The fourth-order valence-electron chi connectivity index (χ4n) is 3.83. The van der Waals surface area contributed by atoms with E-state index in [4.69, 9.17) is 0 Å². The van der Waals surface area contributed by atoms with Crippen LogP contribution in [0.25, 0.3) is 0 Å². The smallest absolute Gasteiger partial charge is 0.0827 e. The van der Waals surface area contributed by atoms with Gasteiger partial charge in [0, 0.05) is 12.0 Å². The molecule has 0 amide bonds. The van der Waals surface area contributed by atoms with Crippen molar-refractivity contribution in [2.75, 3.05) is 13.1 Å². The predicted octanol–water partition coefficient (Wildman–Crippen LogP) is 2.85. The van der Waals surface area contributed by atoms with Crippen molar-refractivity contribution in [1.29, 1.82) is 0 Å². The van der Waals surface area contributed by atoms with Gasteiger partial charge in [-0.05, 0) is 32.2 Å². The standard InChI is InChI=1S/C14H27NO/c1-2-3-4-7-13-8-5-6-9-14(13,16)12-15-11-10-13/h15-16H,2-12H2,1H3/t13-,14+/m0/s1. The first-order valence-corrected chi connectivity index (χ1v) is 7.16. The van der Waals surface area contributed by atoms with Crippen LogP contribution < -0.4 is 5.32 Å². The summed E-state index contributed by atoms with van der Waals surface area (Å²) in [5, 5.41) is 14.3. The van der Waals surface area contributed by atoms with E-state index in [9.17, 15) is 5.11 Å². The Morgan fingerprint density at radius 3 is 2.75 bits per heavy atom. The lowest BCUT2D eigenvalue weighted by Gasteiger charge is -2.54. The largest absolute Gasteiger partial charge is 0.388 e. The Kier molecular flexibility index (Phi) is 3.91. The van der Waals surface area contributed by atoms with Gasteiger partial charge in [-0.1, -0.05) is 39.0 Å². The summed E-state index contributed by atoms with van der Waals surface area (Å²) in [5.41, 5.74) is -0.136. The molecule has 94 valence electrons. The lowest BCUT2D eigenvalue weighted by atomic mass is 9.58. The van der Waals surface area contributed by atoms with Crippen molar-refractivity contribution in [2.45, 2.75) is 70.3 Å². The number of hydrogen-bond acceptors (Lipinski definition) is 2. The third-order valence-corrected chi connectivity index (χ3v) is 4.94. The summed E-state index contributed by atoms with van der Waals surface area (Å²) >= 11 is 0. The number of β-amino-alcohol motifs (C(OH)–C–C–N with tert-alkyl or cyclic N) is 1. The Labute approximate surface area is 99.8 Å². The van der Waals surface area contributed by atoms with Crippen molar-refractivity contribution >= 4 is 0 Å². The third-order valence-electron chi connectivity index (χ3n) is 4.94. The average molecular weight is 225 g/mol. The van der Waals surface area contributed by atoms with E-state index in [0.29, 0.717) is 0 Å². The SMILES string of the molecule is CCCCC[C@@]12CCCC[C@@]1(O)CNCC2. The van der Waals surface area contributed by atoms with Gasteiger partial charge in [-0.2, -0.15) is 0 Å². The molecule has 2 nitrogen and oxygen atoms in total. The molecule has 0 aromatic rings. The quantitative estimate of drug-likeness (QED) is 0.721.